The van der Waals surface area contributed by atoms with Gasteiger partial charge in [-0.2, -0.15) is 0 Å². The molecular formula is C8H10O4S. The zero-order valence-corrected chi connectivity index (χ0v) is 8.01. The summed E-state index contributed by atoms with van der Waals surface area (Å²) in [6.07, 6.45) is 0.358. The van der Waals surface area contributed by atoms with Crippen LogP contribution in [-0.4, -0.2) is 22.0 Å². The Bertz CT molecular complexity index is 271. The van der Waals surface area contributed by atoms with Gasteiger partial charge in [-0.1, -0.05) is 6.58 Å². The van der Waals surface area contributed by atoms with Gasteiger partial charge >= 0.3 is 5.97 Å². The maximum Gasteiger partial charge on any atom is 0.304 e. The van der Waals surface area contributed by atoms with E-state index in [0.717, 1.165) is 6.08 Å². The molecule has 0 heterocycles. The van der Waals surface area contributed by atoms with E-state index in [9.17, 15) is 14.4 Å². The van der Waals surface area contributed by atoms with Crippen LogP contribution in [0.25, 0.3) is 0 Å². The average molecular weight is 202 g/mol. The minimum absolute atomic E-state index is 0.569. The Labute approximate surface area is 81.0 Å². The van der Waals surface area contributed by atoms with Crippen LogP contribution < -0.4 is 0 Å². The third-order valence-corrected chi connectivity index (χ3v) is 2.20. The van der Waals surface area contributed by atoms with E-state index < -0.39 is 28.7 Å². The molecule has 0 aromatic carbocycles. The summed E-state index contributed by atoms with van der Waals surface area (Å²) in [5, 5.41) is 7.71. The molecule has 0 bridgehead atoms. The van der Waals surface area contributed by atoms with Gasteiger partial charge in [0.2, 0.25) is 0 Å². The summed E-state index contributed by atoms with van der Waals surface area (Å²) in [5.74, 6) is -1.85. The number of hydrogen-bond acceptors (Lipinski definition) is 3. The van der Waals surface area contributed by atoms with Crippen molar-refractivity contribution < 1.29 is 19.5 Å². The maximum atomic E-state index is 11.2. The number of carboxylic acids is 1. The van der Waals surface area contributed by atoms with E-state index in [2.05, 4.69) is 19.2 Å². The molecule has 0 rings (SSSR count). The summed E-state index contributed by atoms with van der Waals surface area (Å²) in [6.45, 7) is 4.42. The molecule has 72 valence electrons. The third kappa shape index (κ3) is 2.69. The summed E-state index contributed by atoms with van der Waals surface area (Å²) in [5.41, 5.74) is -1.60. The SMILES string of the molecule is C=CC(=O)C(C)(CC(=O)O)C(=O)S. The second-order valence-corrected chi connectivity index (χ2v) is 3.18. The van der Waals surface area contributed by atoms with Gasteiger partial charge in [0.15, 0.2) is 10.9 Å². The first kappa shape index (κ1) is 11.9. The summed E-state index contributed by atoms with van der Waals surface area (Å²) in [4.78, 5) is 32.5. The van der Waals surface area contributed by atoms with Gasteiger partial charge in [0.25, 0.3) is 0 Å². The molecule has 4 nitrogen and oxygen atoms in total. The van der Waals surface area contributed by atoms with Crippen molar-refractivity contribution in [3.63, 3.8) is 0 Å². The molecule has 0 amide bonds. The third-order valence-electron chi connectivity index (χ3n) is 1.71. The lowest BCUT2D eigenvalue weighted by molar-refractivity contribution is -0.145. The van der Waals surface area contributed by atoms with E-state index in [1.165, 1.54) is 6.92 Å². The molecule has 0 aromatic rings. The molecule has 0 spiro atoms. The van der Waals surface area contributed by atoms with Crippen molar-refractivity contribution in [2.75, 3.05) is 0 Å². The molecule has 0 radical (unpaired) electrons. The van der Waals surface area contributed by atoms with E-state index in [1.807, 2.05) is 0 Å². The highest BCUT2D eigenvalue weighted by molar-refractivity contribution is 7.96. The Balaban J connectivity index is 4.94. The van der Waals surface area contributed by atoms with E-state index in [-0.39, 0.29) is 0 Å². The van der Waals surface area contributed by atoms with Crippen LogP contribution in [0.1, 0.15) is 13.3 Å². The minimum Gasteiger partial charge on any atom is -0.481 e. The van der Waals surface area contributed by atoms with Gasteiger partial charge in [0.05, 0.1) is 6.42 Å². The summed E-state index contributed by atoms with van der Waals surface area (Å²) < 4.78 is 0. The second kappa shape index (κ2) is 4.23. The van der Waals surface area contributed by atoms with Gasteiger partial charge in [-0.3, -0.25) is 14.4 Å². The van der Waals surface area contributed by atoms with Crippen LogP contribution in [-0.2, 0) is 14.4 Å². The molecule has 0 aliphatic rings. The quantitative estimate of drug-likeness (QED) is 0.390. The largest absolute Gasteiger partial charge is 0.481 e. The van der Waals surface area contributed by atoms with Crippen molar-refractivity contribution >= 4 is 29.5 Å². The molecule has 0 saturated carbocycles. The molecule has 13 heavy (non-hydrogen) atoms. The molecule has 0 saturated heterocycles. The lowest BCUT2D eigenvalue weighted by Gasteiger charge is -2.19. The van der Waals surface area contributed by atoms with Crippen LogP contribution in [0.15, 0.2) is 12.7 Å². The summed E-state index contributed by atoms with van der Waals surface area (Å²) in [6, 6.07) is 0. The molecule has 0 aromatic heterocycles. The predicted octanol–water partition coefficient (Wildman–Crippen LogP) is 0.679. The van der Waals surface area contributed by atoms with Crippen molar-refractivity contribution in [1.29, 1.82) is 0 Å². The fourth-order valence-corrected chi connectivity index (χ4v) is 0.985. The van der Waals surface area contributed by atoms with Crippen LogP contribution >= 0.6 is 12.6 Å². The van der Waals surface area contributed by atoms with Crippen molar-refractivity contribution in [3.8, 4) is 0 Å². The maximum absolute atomic E-state index is 11.2. The molecule has 1 N–H and O–H groups in total. The first-order valence-corrected chi connectivity index (χ1v) is 3.91. The van der Waals surface area contributed by atoms with Gasteiger partial charge in [-0.25, -0.2) is 0 Å². The number of aliphatic carboxylic acids is 1. The van der Waals surface area contributed by atoms with Crippen molar-refractivity contribution in [2.24, 2.45) is 5.41 Å². The highest BCUT2D eigenvalue weighted by Crippen LogP contribution is 2.26. The number of carboxylic acid groups (broad SMARTS) is 1. The number of thiol groups is 1. The van der Waals surface area contributed by atoms with E-state index in [0.29, 0.717) is 0 Å². The molecular weight excluding hydrogens is 192 g/mol. The van der Waals surface area contributed by atoms with Crippen molar-refractivity contribution in [1.82, 2.24) is 0 Å². The molecule has 0 fully saturated rings. The van der Waals surface area contributed by atoms with Crippen LogP contribution in [0, 0.1) is 5.41 Å². The van der Waals surface area contributed by atoms with Gasteiger partial charge in [-0.15, -0.1) is 12.6 Å². The van der Waals surface area contributed by atoms with Crippen molar-refractivity contribution in [3.05, 3.63) is 12.7 Å². The topological polar surface area (TPSA) is 71.4 Å². The summed E-state index contributed by atoms with van der Waals surface area (Å²) >= 11 is 3.48. The van der Waals surface area contributed by atoms with E-state index in [1.54, 1.807) is 0 Å². The Morgan fingerprint density at radius 1 is 1.54 bits per heavy atom. The molecule has 1 atom stereocenters. The highest BCUT2D eigenvalue weighted by Gasteiger charge is 2.39. The average Bonchev–Trinajstić information content (AvgIpc) is 2.01. The zero-order valence-electron chi connectivity index (χ0n) is 7.11. The Morgan fingerprint density at radius 3 is 2.23 bits per heavy atom. The standard InChI is InChI=1S/C8H10O4S/c1-3-5(9)8(2,7(12)13)4-6(10)11/h3H,1,4H2,2H3,(H,10,11)(H,12,13). The summed E-state index contributed by atoms with van der Waals surface area (Å²) in [7, 11) is 0. The number of allylic oxidation sites excluding steroid dienone is 1. The Kier molecular flexibility index (Phi) is 3.87. The normalized spacial score (nSPS) is 14.3. The van der Waals surface area contributed by atoms with Crippen LogP contribution in [0.4, 0.5) is 0 Å². The van der Waals surface area contributed by atoms with Gasteiger partial charge in [0, 0.05) is 0 Å². The van der Waals surface area contributed by atoms with E-state index in [4.69, 9.17) is 5.11 Å². The number of ketones is 1. The van der Waals surface area contributed by atoms with Crippen LogP contribution in [0.3, 0.4) is 0 Å². The highest BCUT2D eigenvalue weighted by atomic mass is 32.1. The minimum atomic E-state index is -1.60. The van der Waals surface area contributed by atoms with Crippen LogP contribution in [0.5, 0.6) is 0 Å². The molecule has 5 heteroatoms. The first-order valence-electron chi connectivity index (χ1n) is 3.46. The molecule has 0 aliphatic carbocycles. The Morgan fingerprint density at radius 2 is 2.00 bits per heavy atom. The van der Waals surface area contributed by atoms with Crippen molar-refractivity contribution in [2.45, 2.75) is 13.3 Å². The Hall–Kier alpha value is -1.10. The molecule has 0 aliphatic heterocycles. The first-order chi connectivity index (χ1) is 5.84. The van der Waals surface area contributed by atoms with Gasteiger partial charge in [-0.05, 0) is 13.0 Å². The van der Waals surface area contributed by atoms with Gasteiger partial charge in [0.1, 0.15) is 5.41 Å². The smallest absolute Gasteiger partial charge is 0.304 e. The zero-order chi connectivity index (χ0) is 10.6. The fourth-order valence-electron chi connectivity index (χ4n) is 0.796. The number of rotatable bonds is 5. The number of carbonyl (C=O) groups excluding carboxylic acids is 2. The van der Waals surface area contributed by atoms with Gasteiger partial charge < -0.3 is 5.11 Å². The monoisotopic (exact) mass is 202 g/mol. The fraction of sp³-hybridized carbons (Fsp3) is 0.375. The molecule has 1 unspecified atom stereocenters. The number of hydrogen-bond donors (Lipinski definition) is 2. The predicted molar refractivity (Wildman–Crippen MR) is 49.6 cm³/mol. The number of carbonyl (C=O) groups is 3. The van der Waals surface area contributed by atoms with Crippen LogP contribution in [0.2, 0.25) is 0 Å². The second-order valence-electron chi connectivity index (χ2n) is 2.78. The van der Waals surface area contributed by atoms with E-state index >= 15 is 0 Å². The lowest BCUT2D eigenvalue weighted by atomic mass is 9.83. The lowest BCUT2D eigenvalue weighted by Crippen LogP contribution is -2.35.